The molecule has 0 aromatic heterocycles. The zero-order valence-electron chi connectivity index (χ0n) is 10.9. The van der Waals surface area contributed by atoms with E-state index < -0.39 is 6.16 Å². The van der Waals surface area contributed by atoms with Gasteiger partial charge in [0.15, 0.2) is 0 Å². The third-order valence-corrected chi connectivity index (χ3v) is 3.45. The minimum absolute atomic E-state index is 0.275. The van der Waals surface area contributed by atoms with Crippen LogP contribution in [0, 0.1) is 5.41 Å². The van der Waals surface area contributed by atoms with E-state index in [-0.39, 0.29) is 6.61 Å². The molecule has 0 spiro atoms. The van der Waals surface area contributed by atoms with Crippen LogP contribution in [0.15, 0.2) is 30.3 Å². The summed E-state index contributed by atoms with van der Waals surface area (Å²) in [7, 11) is 0. The van der Waals surface area contributed by atoms with E-state index >= 15 is 0 Å². The Balaban J connectivity index is 1.55. The van der Waals surface area contributed by atoms with Crippen LogP contribution in [0.25, 0.3) is 0 Å². The lowest BCUT2D eigenvalue weighted by atomic mass is 10.0. The van der Waals surface area contributed by atoms with Gasteiger partial charge in [-0.05, 0) is 36.7 Å². The molecule has 0 N–H and O–H groups in total. The van der Waals surface area contributed by atoms with Crippen molar-refractivity contribution in [3.63, 3.8) is 0 Å². The Labute approximate surface area is 108 Å². The molecule has 98 valence electrons. The molecule has 2 rings (SSSR count). The minimum Gasteiger partial charge on any atom is -0.434 e. The van der Waals surface area contributed by atoms with Crippen molar-refractivity contribution in [2.24, 2.45) is 5.41 Å². The Morgan fingerprint density at radius 3 is 2.61 bits per heavy atom. The number of hydrogen-bond acceptors (Lipinski definition) is 3. The van der Waals surface area contributed by atoms with Gasteiger partial charge in [0.25, 0.3) is 0 Å². The van der Waals surface area contributed by atoms with Gasteiger partial charge in [-0.15, -0.1) is 0 Å². The minimum atomic E-state index is -0.570. The van der Waals surface area contributed by atoms with E-state index in [4.69, 9.17) is 9.47 Å². The number of ether oxygens (including phenoxy) is 2. The molecule has 0 amide bonds. The first-order valence-corrected chi connectivity index (χ1v) is 6.51. The van der Waals surface area contributed by atoms with E-state index in [1.807, 2.05) is 30.3 Å². The van der Waals surface area contributed by atoms with Gasteiger partial charge in [-0.3, -0.25) is 0 Å². The van der Waals surface area contributed by atoms with Crippen LogP contribution in [0.2, 0.25) is 0 Å². The Kier molecular flexibility index (Phi) is 4.24. The van der Waals surface area contributed by atoms with Crippen molar-refractivity contribution in [2.75, 3.05) is 6.61 Å². The van der Waals surface area contributed by atoms with Crippen molar-refractivity contribution >= 4 is 6.16 Å². The zero-order chi connectivity index (χ0) is 12.8. The van der Waals surface area contributed by atoms with E-state index in [1.165, 1.54) is 12.8 Å². The van der Waals surface area contributed by atoms with E-state index in [1.54, 1.807) is 0 Å². The molecule has 1 aliphatic rings. The summed E-state index contributed by atoms with van der Waals surface area (Å²) in [5.41, 5.74) is 1.50. The van der Waals surface area contributed by atoms with Crippen molar-refractivity contribution in [2.45, 2.75) is 39.2 Å². The second kappa shape index (κ2) is 5.89. The van der Waals surface area contributed by atoms with Crippen molar-refractivity contribution in [1.82, 2.24) is 0 Å². The highest BCUT2D eigenvalue weighted by Crippen LogP contribution is 2.48. The Bertz CT molecular complexity index is 382. The van der Waals surface area contributed by atoms with E-state index in [0.29, 0.717) is 12.0 Å². The van der Waals surface area contributed by atoms with Gasteiger partial charge in [0.05, 0.1) is 6.61 Å². The summed E-state index contributed by atoms with van der Waals surface area (Å²) in [6, 6.07) is 9.60. The van der Waals surface area contributed by atoms with Gasteiger partial charge in [0, 0.05) is 0 Å². The SMILES string of the molecule is CC1(CCCOC(=O)OCc2ccccc2)CC1. The molecule has 0 saturated heterocycles. The molecule has 0 unspecified atom stereocenters. The maximum Gasteiger partial charge on any atom is 0.508 e. The van der Waals surface area contributed by atoms with Crippen LogP contribution in [0.4, 0.5) is 4.79 Å². The van der Waals surface area contributed by atoms with Crippen LogP contribution < -0.4 is 0 Å². The summed E-state index contributed by atoms with van der Waals surface area (Å²) in [5, 5.41) is 0. The number of carbonyl (C=O) groups excluding carboxylic acids is 1. The maximum atomic E-state index is 11.3. The molecule has 1 aromatic rings. The van der Waals surface area contributed by atoms with Gasteiger partial charge < -0.3 is 9.47 Å². The van der Waals surface area contributed by atoms with Crippen LogP contribution in [0.3, 0.4) is 0 Å². The van der Waals surface area contributed by atoms with Crippen LogP contribution >= 0.6 is 0 Å². The summed E-state index contributed by atoms with van der Waals surface area (Å²) in [4.78, 5) is 11.3. The maximum absolute atomic E-state index is 11.3. The van der Waals surface area contributed by atoms with Gasteiger partial charge in [-0.1, -0.05) is 37.3 Å². The van der Waals surface area contributed by atoms with Crippen LogP contribution in [-0.4, -0.2) is 12.8 Å². The van der Waals surface area contributed by atoms with Crippen molar-refractivity contribution in [1.29, 1.82) is 0 Å². The van der Waals surface area contributed by atoms with Crippen LogP contribution in [0.5, 0.6) is 0 Å². The molecule has 0 atom stereocenters. The normalized spacial score (nSPS) is 16.1. The molecule has 0 radical (unpaired) electrons. The fourth-order valence-corrected chi connectivity index (χ4v) is 1.88. The number of rotatable bonds is 6. The molecular weight excluding hydrogens is 228 g/mol. The summed E-state index contributed by atoms with van der Waals surface area (Å²) in [6.07, 6.45) is 4.12. The number of benzene rings is 1. The third-order valence-electron chi connectivity index (χ3n) is 3.45. The average Bonchev–Trinajstić information content (AvgIpc) is 3.12. The predicted octanol–water partition coefficient (Wildman–Crippen LogP) is 3.92. The van der Waals surface area contributed by atoms with E-state index in [2.05, 4.69) is 6.92 Å². The monoisotopic (exact) mass is 248 g/mol. The van der Waals surface area contributed by atoms with Gasteiger partial charge in [0.1, 0.15) is 6.61 Å². The molecule has 3 heteroatoms. The van der Waals surface area contributed by atoms with Crippen LogP contribution in [0.1, 0.15) is 38.2 Å². The second-order valence-corrected chi connectivity index (χ2v) is 5.29. The highest BCUT2D eigenvalue weighted by atomic mass is 16.7. The third kappa shape index (κ3) is 4.40. The molecule has 0 heterocycles. The molecule has 0 aliphatic heterocycles. The zero-order valence-corrected chi connectivity index (χ0v) is 10.9. The van der Waals surface area contributed by atoms with Gasteiger partial charge in [-0.25, -0.2) is 4.79 Å². The quantitative estimate of drug-likeness (QED) is 0.565. The van der Waals surface area contributed by atoms with E-state index in [0.717, 1.165) is 18.4 Å². The summed E-state index contributed by atoms with van der Waals surface area (Å²) < 4.78 is 10.0. The number of hydrogen-bond donors (Lipinski definition) is 0. The topological polar surface area (TPSA) is 35.5 Å². The first-order chi connectivity index (χ1) is 8.68. The summed E-state index contributed by atoms with van der Waals surface area (Å²) >= 11 is 0. The molecule has 3 nitrogen and oxygen atoms in total. The Morgan fingerprint density at radius 2 is 1.94 bits per heavy atom. The smallest absolute Gasteiger partial charge is 0.434 e. The number of carbonyl (C=O) groups is 1. The molecular formula is C15H20O3. The highest BCUT2D eigenvalue weighted by molar-refractivity contribution is 5.59. The lowest BCUT2D eigenvalue weighted by Crippen LogP contribution is -2.09. The fraction of sp³-hybridized carbons (Fsp3) is 0.533. The van der Waals surface area contributed by atoms with Crippen molar-refractivity contribution < 1.29 is 14.3 Å². The van der Waals surface area contributed by atoms with Gasteiger partial charge in [-0.2, -0.15) is 0 Å². The largest absolute Gasteiger partial charge is 0.508 e. The summed E-state index contributed by atoms with van der Waals surface area (Å²) in [5.74, 6) is 0. The lowest BCUT2D eigenvalue weighted by Gasteiger charge is -2.08. The molecule has 0 bridgehead atoms. The average molecular weight is 248 g/mol. The molecule has 1 saturated carbocycles. The lowest BCUT2D eigenvalue weighted by molar-refractivity contribution is 0.0479. The predicted molar refractivity (Wildman–Crippen MR) is 69.2 cm³/mol. The van der Waals surface area contributed by atoms with E-state index in [9.17, 15) is 4.79 Å². The highest BCUT2D eigenvalue weighted by Gasteiger charge is 2.36. The van der Waals surface area contributed by atoms with Crippen LogP contribution in [-0.2, 0) is 16.1 Å². The Hall–Kier alpha value is -1.51. The molecule has 1 fully saturated rings. The molecule has 18 heavy (non-hydrogen) atoms. The fourth-order valence-electron chi connectivity index (χ4n) is 1.88. The first kappa shape index (κ1) is 12.9. The molecule has 1 aliphatic carbocycles. The van der Waals surface area contributed by atoms with Crippen molar-refractivity contribution in [3.8, 4) is 0 Å². The van der Waals surface area contributed by atoms with Gasteiger partial charge >= 0.3 is 6.16 Å². The Morgan fingerprint density at radius 1 is 1.22 bits per heavy atom. The summed E-state index contributed by atoms with van der Waals surface area (Å²) in [6.45, 7) is 3.02. The van der Waals surface area contributed by atoms with Gasteiger partial charge in [0.2, 0.25) is 0 Å². The first-order valence-electron chi connectivity index (χ1n) is 6.51. The molecule has 1 aromatic carbocycles. The van der Waals surface area contributed by atoms with Crippen molar-refractivity contribution in [3.05, 3.63) is 35.9 Å². The second-order valence-electron chi connectivity index (χ2n) is 5.29. The standard InChI is InChI=1S/C15H20O3/c1-15(9-10-15)8-5-11-17-14(16)18-12-13-6-3-2-4-7-13/h2-4,6-7H,5,8-12H2,1H3.